The minimum atomic E-state index is 0.213. The van der Waals surface area contributed by atoms with Crippen molar-refractivity contribution >= 4 is 5.95 Å². The molecule has 0 unspecified atom stereocenters. The van der Waals surface area contributed by atoms with Crippen LogP contribution in [0.15, 0.2) is 53.2 Å². The highest BCUT2D eigenvalue weighted by Crippen LogP contribution is 2.24. The molecule has 0 spiro atoms. The number of aromatic nitrogens is 3. The molecule has 1 aromatic carbocycles. The molecule has 3 rings (SSSR count). The molecule has 18 heavy (non-hydrogen) atoms. The first-order valence-electron chi connectivity index (χ1n) is 5.43. The number of oxazole rings is 1. The van der Waals surface area contributed by atoms with Gasteiger partial charge in [0.25, 0.3) is 0 Å². The van der Waals surface area contributed by atoms with Crippen molar-refractivity contribution in [2.45, 2.75) is 0 Å². The number of anilines is 1. The van der Waals surface area contributed by atoms with Gasteiger partial charge >= 0.3 is 0 Å². The Hall–Kier alpha value is -2.69. The van der Waals surface area contributed by atoms with Crippen LogP contribution in [-0.2, 0) is 0 Å². The summed E-state index contributed by atoms with van der Waals surface area (Å²) in [4.78, 5) is 12.1. The van der Waals surface area contributed by atoms with E-state index in [1.54, 1.807) is 18.5 Å². The first-order valence-corrected chi connectivity index (χ1v) is 5.43. The molecule has 3 aromatic rings. The molecule has 0 saturated carbocycles. The van der Waals surface area contributed by atoms with Gasteiger partial charge in [-0.15, -0.1) is 0 Å². The summed E-state index contributed by atoms with van der Waals surface area (Å²) in [6.45, 7) is 0. The number of rotatable bonds is 2. The van der Waals surface area contributed by atoms with Crippen molar-refractivity contribution in [1.29, 1.82) is 0 Å². The van der Waals surface area contributed by atoms with E-state index in [9.17, 15) is 0 Å². The van der Waals surface area contributed by atoms with Crippen molar-refractivity contribution in [3.8, 4) is 22.9 Å². The van der Waals surface area contributed by atoms with E-state index < -0.39 is 0 Å². The summed E-state index contributed by atoms with van der Waals surface area (Å²) >= 11 is 0. The molecule has 2 heterocycles. The standard InChI is InChI=1S/C13H10N4O/c14-13-15-7-6-10(17-13)11-8-16-12(18-11)9-4-2-1-3-5-9/h1-8H,(H2,14,15,17). The van der Waals surface area contributed by atoms with Crippen LogP contribution in [0, 0.1) is 0 Å². The van der Waals surface area contributed by atoms with Crippen molar-refractivity contribution in [1.82, 2.24) is 15.0 Å². The van der Waals surface area contributed by atoms with Crippen LogP contribution >= 0.6 is 0 Å². The third-order valence-electron chi connectivity index (χ3n) is 2.45. The van der Waals surface area contributed by atoms with Gasteiger partial charge in [-0.1, -0.05) is 18.2 Å². The van der Waals surface area contributed by atoms with E-state index in [2.05, 4.69) is 15.0 Å². The zero-order valence-electron chi connectivity index (χ0n) is 9.45. The topological polar surface area (TPSA) is 77.8 Å². The molecule has 2 N–H and O–H groups in total. The van der Waals surface area contributed by atoms with E-state index >= 15 is 0 Å². The van der Waals surface area contributed by atoms with Gasteiger partial charge in [0.1, 0.15) is 5.69 Å². The molecule has 0 aliphatic rings. The number of nitrogen functional groups attached to an aromatic ring is 1. The highest BCUT2D eigenvalue weighted by atomic mass is 16.4. The maximum atomic E-state index is 5.65. The maximum absolute atomic E-state index is 5.65. The Morgan fingerprint density at radius 1 is 1.00 bits per heavy atom. The summed E-state index contributed by atoms with van der Waals surface area (Å²) in [6.07, 6.45) is 3.21. The van der Waals surface area contributed by atoms with Gasteiger partial charge in [0.15, 0.2) is 5.76 Å². The van der Waals surface area contributed by atoms with Gasteiger partial charge in [-0.2, -0.15) is 0 Å². The third-order valence-corrected chi connectivity index (χ3v) is 2.45. The molecule has 0 aliphatic heterocycles. The SMILES string of the molecule is Nc1nccc(-c2cnc(-c3ccccc3)o2)n1. The molecular weight excluding hydrogens is 228 g/mol. The van der Waals surface area contributed by atoms with Crippen LogP contribution in [0.2, 0.25) is 0 Å². The second kappa shape index (κ2) is 4.29. The normalized spacial score (nSPS) is 10.4. The maximum Gasteiger partial charge on any atom is 0.226 e. The van der Waals surface area contributed by atoms with Crippen molar-refractivity contribution < 1.29 is 4.42 Å². The lowest BCUT2D eigenvalue weighted by Crippen LogP contribution is -1.94. The van der Waals surface area contributed by atoms with E-state index in [4.69, 9.17) is 10.2 Å². The third kappa shape index (κ3) is 1.93. The molecule has 0 radical (unpaired) electrons. The summed E-state index contributed by atoms with van der Waals surface area (Å²) in [5.74, 6) is 1.34. The summed E-state index contributed by atoms with van der Waals surface area (Å²) in [5, 5.41) is 0. The number of hydrogen-bond donors (Lipinski definition) is 1. The zero-order valence-corrected chi connectivity index (χ0v) is 9.45. The number of nitrogens with two attached hydrogens (primary N) is 1. The Kier molecular flexibility index (Phi) is 2.49. The molecule has 0 fully saturated rings. The quantitative estimate of drug-likeness (QED) is 0.741. The fraction of sp³-hybridized carbons (Fsp3) is 0. The number of hydrogen-bond acceptors (Lipinski definition) is 5. The Balaban J connectivity index is 2.00. The summed E-state index contributed by atoms with van der Waals surface area (Å²) in [6, 6.07) is 11.4. The van der Waals surface area contributed by atoms with Gasteiger partial charge in [0.2, 0.25) is 11.8 Å². The molecule has 0 aliphatic carbocycles. The molecule has 88 valence electrons. The first-order chi connectivity index (χ1) is 8.83. The van der Waals surface area contributed by atoms with Crippen molar-refractivity contribution in [3.63, 3.8) is 0 Å². The van der Waals surface area contributed by atoms with E-state index in [0.717, 1.165) is 5.56 Å². The van der Waals surface area contributed by atoms with Gasteiger partial charge in [-0.05, 0) is 18.2 Å². The second-order valence-corrected chi connectivity index (χ2v) is 3.70. The smallest absolute Gasteiger partial charge is 0.226 e. The van der Waals surface area contributed by atoms with Gasteiger partial charge in [0.05, 0.1) is 6.20 Å². The van der Waals surface area contributed by atoms with Crippen molar-refractivity contribution in [2.75, 3.05) is 5.73 Å². The fourth-order valence-corrected chi connectivity index (χ4v) is 1.62. The average Bonchev–Trinajstić information content (AvgIpc) is 2.89. The van der Waals surface area contributed by atoms with Crippen LogP contribution in [0.25, 0.3) is 22.9 Å². The molecule has 0 saturated heterocycles. The van der Waals surface area contributed by atoms with E-state index in [1.807, 2.05) is 30.3 Å². The molecule has 0 amide bonds. The van der Waals surface area contributed by atoms with Crippen LogP contribution < -0.4 is 5.73 Å². The lowest BCUT2D eigenvalue weighted by molar-refractivity contribution is 0.586. The van der Waals surface area contributed by atoms with Gasteiger partial charge in [-0.3, -0.25) is 0 Å². The van der Waals surface area contributed by atoms with Crippen LogP contribution in [0.3, 0.4) is 0 Å². The molecule has 2 aromatic heterocycles. The molecule has 0 atom stereocenters. The van der Waals surface area contributed by atoms with E-state index in [1.165, 1.54) is 0 Å². The summed E-state index contributed by atoms with van der Waals surface area (Å²) < 4.78 is 5.65. The summed E-state index contributed by atoms with van der Waals surface area (Å²) in [7, 11) is 0. The largest absolute Gasteiger partial charge is 0.434 e. The Labute approximate surface area is 103 Å². The molecule has 0 bridgehead atoms. The first kappa shape index (κ1) is 10.5. The lowest BCUT2D eigenvalue weighted by Gasteiger charge is -1.96. The van der Waals surface area contributed by atoms with Crippen LogP contribution in [-0.4, -0.2) is 15.0 Å². The fourth-order valence-electron chi connectivity index (χ4n) is 1.62. The highest BCUT2D eigenvalue weighted by Gasteiger charge is 2.09. The molecule has 5 nitrogen and oxygen atoms in total. The predicted molar refractivity (Wildman–Crippen MR) is 67.4 cm³/mol. The molecular formula is C13H10N4O. The highest BCUT2D eigenvalue weighted by molar-refractivity contribution is 5.58. The lowest BCUT2D eigenvalue weighted by atomic mass is 10.2. The predicted octanol–water partition coefficient (Wildman–Crippen LogP) is 2.38. The number of nitrogens with zero attached hydrogens (tertiary/aromatic N) is 3. The van der Waals surface area contributed by atoms with E-state index in [-0.39, 0.29) is 5.95 Å². The minimum absolute atomic E-state index is 0.213. The summed E-state index contributed by atoms with van der Waals surface area (Å²) in [5.41, 5.74) is 7.07. The van der Waals surface area contributed by atoms with E-state index in [0.29, 0.717) is 17.3 Å². The second-order valence-electron chi connectivity index (χ2n) is 3.70. The Bertz CT molecular complexity index is 664. The monoisotopic (exact) mass is 238 g/mol. The van der Waals surface area contributed by atoms with Gasteiger partial charge in [-0.25, -0.2) is 15.0 Å². The Morgan fingerprint density at radius 2 is 1.83 bits per heavy atom. The van der Waals surface area contributed by atoms with Crippen molar-refractivity contribution in [3.05, 3.63) is 48.8 Å². The van der Waals surface area contributed by atoms with Crippen LogP contribution in [0.1, 0.15) is 0 Å². The minimum Gasteiger partial charge on any atom is -0.434 e. The molecule has 5 heteroatoms. The number of benzene rings is 1. The van der Waals surface area contributed by atoms with Gasteiger partial charge < -0.3 is 10.2 Å². The Morgan fingerprint density at radius 3 is 2.61 bits per heavy atom. The average molecular weight is 238 g/mol. The van der Waals surface area contributed by atoms with Crippen LogP contribution in [0.4, 0.5) is 5.95 Å². The van der Waals surface area contributed by atoms with Gasteiger partial charge in [0, 0.05) is 11.8 Å². The van der Waals surface area contributed by atoms with Crippen molar-refractivity contribution in [2.24, 2.45) is 0 Å². The van der Waals surface area contributed by atoms with Crippen LogP contribution in [0.5, 0.6) is 0 Å². The zero-order chi connectivity index (χ0) is 12.4.